The fraction of sp³-hybridized carbons (Fsp3) is 0.333. The first-order valence-electron chi connectivity index (χ1n) is 10.3. The molecule has 0 unspecified atom stereocenters. The van der Waals surface area contributed by atoms with Crippen LogP contribution in [0.3, 0.4) is 0 Å². The van der Waals surface area contributed by atoms with E-state index in [9.17, 15) is 9.18 Å². The number of halogens is 1. The first kappa shape index (κ1) is 21.6. The molecule has 5 nitrogen and oxygen atoms in total. The van der Waals surface area contributed by atoms with Crippen molar-refractivity contribution >= 4 is 5.91 Å². The second-order valence-electron chi connectivity index (χ2n) is 7.36. The van der Waals surface area contributed by atoms with Crippen molar-refractivity contribution in [3.8, 4) is 17.3 Å². The smallest absolute Gasteiger partial charge is 0.227 e. The summed E-state index contributed by atoms with van der Waals surface area (Å²) >= 11 is 0. The molecule has 0 aliphatic rings. The van der Waals surface area contributed by atoms with Crippen LogP contribution in [0.15, 0.2) is 54.6 Å². The molecule has 1 heterocycles. The predicted octanol–water partition coefficient (Wildman–Crippen LogP) is 5.51. The number of rotatable bonds is 8. The van der Waals surface area contributed by atoms with Crippen molar-refractivity contribution in [3.63, 3.8) is 0 Å². The van der Waals surface area contributed by atoms with Crippen LogP contribution in [0, 0.1) is 5.82 Å². The Morgan fingerprint density at radius 1 is 1.10 bits per heavy atom. The van der Waals surface area contributed by atoms with Crippen LogP contribution in [0.4, 0.5) is 4.39 Å². The molecule has 0 aliphatic carbocycles. The third-order valence-electron chi connectivity index (χ3n) is 4.96. The van der Waals surface area contributed by atoms with Gasteiger partial charge in [-0.05, 0) is 56.7 Å². The van der Waals surface area contributed by atoms with E-state index >= 15 is 0 Å². The van der Waals surface area contributed by atoms with E-state index in [2.05, 4.69) is 0 Å². The van der Waals surface area contributed by atoms with E-state index in [0.717, 1.165) is 11.3 Å². The van der Waals surface area contributed by atoms with Crippen molar-refractivity contribution in [2.75, 3.05) is 0 Å². The molecule has 2 aromatic carbocycles. The van der Waals surface area contributed by atoms with E-state index in [1.165, 1.54) is 12.1 Å². The minimum atomic E-state index is -0.313. The summed E-state index contributed by atoms with van der Waals surface area (Å²) in [6, 6.07) is 15.6. The molecule has 158 valence electrons. The molecule has 0 saturated carbocycles. The van der Waals surface area contributed by atoms with Crippen LogP contribution >= 0.6 is 0 Å². The number of nitrogens with zero attached hydrogens (tertiary/aromatic N) is 3. The number of carbonyl (C=O) groups excluding carboxylic acids is 1. The highest BCUT2D eigenvalue weighted by molar-refractivity contribution is 5.76. The van der Waals surface area contributed by atoms with Gasteiger partial charge < -0.3 is 9.64 Å². The molecule has 0 N–H and O–H groups in total. The molecule has 0 spiro atoms. The van der Waals surface area contributed by atoms with Crippen molar-refractivity contribution in [3.05, 3.63) is 71.7 Å². The average molecular weight is 410 g/mol. The lowest BCUT2D eigenvalue weighted by molar-refractivity contribution is -0.133. The number of benzene rings is 2. The van der Waals surface area contributed by atoms with Gasteiger partial charge in [0.15, 0.2) is 0 Å². The van der Waals surface area contributed by atoms with Crippen LogP contribution in [0.5, 0.6) is 11.6 Å². The Morgan fingerprint density at radius 2 is 1.77 bits per heavy atom. The van der Waals surface area contributed by atoms with Crippen LogP contribution in [-0.4, -0.2) is 26.6 Å². The summed E-state index contributed by atoms with van der Waals surface area (Å²) < 4.78 is 21.4. The van der Waals surface area contributed by atoms with Crippen LogP contribution in [0.25, 0.3) is 5.69 Å². The summed E-state index contributed by atoms with van der Waals surface area (Å²) in [5.74, 6) is 0.973. The maximum absolute atomic E-state index is 13.5. The molecule has 3 rings (SSSR count). The van der Waals surface area contributed by atoms with Crippen molar-refractivity contribution in [2.45, 2.75) is 53.1 Å². The van der Waals surface area contributed by atoms with Gasteiger partial charge >= 0.3 is 0 Å². The van der Waals surface area contributed by atoms with E-state index in [4.69, 9.17) is 9.84 Å². The summed E-state index contributed by atoms with van der Waals surface area (Å²) in [4.78, 5) is 14.4. The maximum Gasteiger partial charge on any atom is 0.227 e. The molecule has 1 amide bonds. The first-order valence-corrected chi connectivity index (χ1v) is 10.3. The van der Waals surface area contributed by atoms with Crippen molar-refractivity contribution in [2.24, 2.45) is 0 Å². The largest absolute Gasteiger partial charge is 0.439 e. The molecule has 0 saturated heterocycles. The van der Waals surface area contributed by atoms with E-state index in [1.54, 1.807) is 16.8 Å². The zero-order valence-electron chi connectivity index (χ0n) is 17.9. The molecule has 0 fully saturated rings. The molecular formula is C24H28FN3O2. The number of ether oxygens (including phenoxy) is 1. The normalized spacial score (nSPS) is 11.0. The zero-order valence-corrected chi connectivity index (χ0v) is 17.9. The van der Waals surface area contributed by atoms with E-state index in [1.807, 2.05) is 62.9 Å². The van der Waals surface area contributed by atoms with Gasteiger partial charge in [0.05, 0.1) is 23.5 Å². The lowest BCUT2D eigenvalue weighted by Gasteiger charge is -2.27. The highest BCUT2D eigenvalue weighted by Crippen LogP contribution is 2.32. The molecule has 3 aromatic rings. The monoisotopic (exact) mass is 409 g/mol. The molecule has 0 aliphatic heterocycles. The van der Waals surface area contributed by atoms with Gasteiger partial charge in [-0.25, -0.2) is 9.07 Å². The Hall–Kier alpha value is -3.15. The molecule has 0 bridgehead atoms. The molecule has 6 heteroatoms. The number of para-hydroxylation sites is 1. The molecule has 0 radical (unpaired) electrons. The minimum Gasteiger partial charge on any atom is -0.439 e. The highest BCUT2D eigenvalue weighted by atomic mass is 19.1. The van der Waals surface area contributed by atoms with Gasteiger partial charge in [0.1, 0.15) is 11.6 Å². The van der Waals surface area contributed by atoms with E-state index in [0.29, 0.717) is 36.7 Å². The topological polar surface area (TPSA) is 47.4 Å². The number of carbonyl (C=O) groups is 1. The van der Waals surface area contributed by atoms with Gasteiger partial charge in [-0.3, -0.25) is 4.79 Å². The van der Waals surface area contributed by atoms with Gasteiger partial charge in [-0.1, -0.05) is 32.0 Å². The summed E-state index contributed by atoms with van der Waals surface area (Å²) in [5.41, 5.74) is 2.40. The summed E-state index contributed by atoms with van der Waals surface area (Å²) in [6.45, 7) is 8.29. The fourth-order valence-electron chi connectivity index (χ4n) is 3.32. The average Bonchev–Trinajstić information content (AvgIpc) is 3.09. The molecule has 1 aromatic heterocycles. The zero-order chi connectivity index (χ0) is 21.7. The minimum absolute atomic E-state index is 0.0425. The number of amides is 1. The Morgan fingerprint density at radius 3 is 2.33 bits per heavy atom. The van der Waals surface area contributed by atoms with Crippen LogP contribution in [0.2, 0.25) is 0 Å². The maximum atomic E-state index is 13.5. The third kappa shape index (κ3) is 4.70. The van der Waals surface area contributed by atoms with Crippen molar-refractivity contribution in [1.82, 2.24) is 14.7 Å². The van der Waals surface area contributed by atoms with Gasteiger partial charge in [-0.15, -0.1) is 0 Å². The van der Waals surface area contributed by atoms with Gasteiger partial charge in [-0.2, -0.15) is 5.10 Å². The standard InChI is InChI=1S/C24H28FN3O2/c1-5-22-21(16-27(17(3)4)23(29)6-2)24(30-20-10-8-7-9-11-20)28(26-22)19-14-12-18(25)13-15-19/h7-15,17H,5-6,16H2,1-4H3. The number of aromatic nitrogens is 2. The summed E-state index contributed by atoms with van der Waals surface area (Å²) in [5, 5.41) is 4.75. The van der Waals surface area contributed by atoms with E-state index in [-0.39, 0.29) is 17.8 Å². The summed E-state index contributed by atoms with van der Waals surface area (Å²) in [6.07, 6.45) is 1.11. The SMILES string of the molecule is CCC(=O)N(Cc1c(CC)nn(-c2ccc(F)cc2)c1Oc1ccccc1)C(C)C. The van der Waals surface area contributed by atoms with E-state index < -0.39 is 0 Å². The Bertz CT molecular complexity index is 982. The lowest BCUT2D eigenvalue weighted by Crippen LogP contribution is -2.36. The third-order valence-corrected chi connectivity index (χ3v) is 4.96. The van der Waals surface area contributed by atoms with Crippen molar-refractivity contribution < 1.29 is 13.9 Å². The Labute approximate surface area is 177 Å². The number of hydrogen-bond acceptors (Lipinski definition) is 3. The predicted molar refractivity (Wildman–Crippen MR) is 115 cm³/mol. The fourth-order valence-corrected chi connectivity index (χ4v) is 3.32. The van der Waals surface area contributed by atoms with Crippen LogP contribution < -0.4 is 4.74 Å². The molecule has 30 heavy (non-hydrogen) atoms. The number of hydrogen-bond donors (Lipinski definition) is 0. The first-order chi connectivity index (χ1) is 14.4. The second kappa shape index (κ2) is 9.57. The molecule has 0 atom stereocenters. The lowest BCUT2D eigenvalue weighted by atomic mass is 10.1. The Balaban J connectivity index is 2.13. The van der Waals surface area contributed by atoms with Gasteiger partial charge in [0.2, 0.25) is 11.8 Å². The Kier molecular flexibility index (Phi) is 6.87. The van der Waals surface area contributed by atoms with Gasteiger partial charge in [0, 0.05) is 12.5 Å². The van der Waals surface area contributed by atoms with Crippen LogP contribution in [0.1, 0.15) is 45.4 Å². The van der Waals surface area contributed by atoms with Gasteiger partial charge in [0.25, 0.3) is 0 Å². The summed E-state index contributed by atoms with van der Waals surface area (Å²) in [7, 11) is 0. The highest BCUT2D eigenvalue weighted by Gasteiger charge is 2.25. The van der Waals surface area contributed by atoms with Crippen molar-refractivity contribution in [1.29, 1.82) is 0 Å². The second-order valence-corrected chi connectivity index (χ2v) is 7.36. The number of aryl methyl sites for hydroxylation is 1. The van der Waals surface area contributed by atoms with Crippen LogP contribution in [-0.2, 0) is 17.8 Å². The molecular weight excluding hydrogens is 381 g/mol. The quantitative estimate of drug-likeness (QED) is 0.493.